The van der Waals surface area contributed by atoms with Gasteiger partial charge in [-0.3, -0.25) is 0 Å². The first-order chi connectivity index (χ1) is 5.77. The van der Waals surface area contributed by atoms with Crippen LogP contribution in [0.5, 0.6) is 5.75 Å². The average molecular weight is 163 g/mol. The summed E-state index contributed by atoms with van der Waals surface area (Å²) in [7, 11) is 3.61. The molecule has 0 aromatic heterocycles. The third-order valence-corrected chi connectivity index (χ3v) is 1.75. The zero-order valence-corrected chi connectivity index (χ0v) is 7.45. The molecule has 0 unspecified atom stereocenters. The van der Waals surface area contributed by atoms with E-state index in [1.165, 1.54) is 0 Å². The molecule has 2 heteroatoms. The molecule has 0 saturated carbocycles. The maximum atomic E-state index is 5.04. The third-order valence-electron chi connectivity index (χ3n) is 1.75. The minimum atomic E-state index is 0.871. The standard InChI is InChI=1S/C10H13NO/c1-4-11(2)9-5-7-10(12-3)8-6-9/h4-8H,1H2,2-3H3. The molecule has 0 bridgehead atoms. The molecule has 2 nitrogen and oxygen atoms in total. The van der Waals surface area contributed by atoms with Gasteiger partial charge in [0.15, 0.2) is 0 Å². The molecular weight excluding hydrogens is 150 g/mol. The van der Waals surface area contributed by atoms with Gasteiger partial charge in [0.2, 0.25) is 0 Å². The van der Waals surface area contributed by atoms with Crippen LogP contribution in [0.2, 0.25) is 0 Å². The highest BCUT2D eigenvalue weighted by atomic mass is 16.5. The number of methoxy groups -OCH3 is 1. The van der Waals surface area contributed by atoms with Crippen molar-refractivity contribution in [3.05, 3.63) is 37.0 Å². The van der Waals surface area contributed by atoms with Crippen molar-refractivity contribution in [3.8, 4) is 5.75 Å². The third kappa shape index (κ3) is 1.78. The van der Waals surface area contributed by atoms with Gasteiger partial charge in [0.05, 0.1) is 7.11 Å². The van der Waals surface area contributed by atoms with E-state index in [1.54, 1.807) is 13.3 Å². The maximum Gasteiger partial charge on any atom is 0.119 e. The fourth-order valence-corrected chi connectivity index (χ4v) is 0.923. The summed E-state index contributed by atoms with van der Waals surface area (Å²) < 4.78 is 5.04. The lowest BCUT2D eigenvalue weighted by Gasteiger charge is -2.13. The molecule has 0 N–H and O–H groups in total. The summed E-state index contributed by atoms with van der Waals surface area (Å²) in [6, 6.07) is 7.83. The fourth-order valence-electron chi connectivity index (χ4n) is 0.923. The summed E-state index contributed by atoms with van der Waals surface area (Å²) >= 11 is 0. The number of hydrogen-bond donors (Lipinski definition) is 0. The Morgan fingerprint density at radius 3 is 2.33 bits per heavy atom. The molecule has 1 aromatic rings. The van der Waals surface area contributed by atoms with E-state index < -0.39 is 0 Å². The lowest BCUT2D eigenvalue weighted by Crippen LogP contribution is -2.06. The monoisotopic (exact) mass is 163 g/mol. The van der Waals surface area contributed by atoms with E-state index in [9.17, 15) is 0 Å². The molecular formula is C10H13NO. The minimum absolute atomic E-state index is 0.871. The molecule has 12 heavy (non-hydrogen) atoms. The molecule has 0 radical (unpaired) electrons. The highest BCUT2D eigenvalue weighted by Crippen LogP contribution is 2.17. The number of anilines is 1. The molecule has 0 amide bonds. The van der Waals surface area contributed by atoms with Gasteiger partial charge in [-0.2, -0.15) is 0 Å². The number of benzene rings is 1. The minimum Gasteiger partial charge on any atom is -0.497 e. The second kappa shape index (κ2) is 3.81. The van der Waals surface area contributed by atoms with Crippen LogP contribution in [0.15, 0.2) is 37.0 Å². The summed E-state index contributed by atoms with van der Waals surface area (Å²) in [6.07, 6.45) is 1.77. The fraction of sp³-hybridized carbons (Fsp3) is 0.200. The van der Waals surface area contributed by atoms with Gasteiger partial charge in [0.25, 0.3) is 0 Å². The Bertz CT molecular complexity index is 253. The molecule has 0 spiro atoms. The van der Waals surface area contributed by atoms with E-state index in [2.05, 4.69) is 6.58 Å². The van der Waals surface area contributed by atoms with Crippen LogP contribution in [0.4, 0.5) is 5.69 Å². The normalized spacial score (nSPS) is 9.17. The van der Waals surface area contributed by atoms with Gasteiger partial charge in [-0.1, -0.05) is 6.58 Å². The second-order valence-corrected chi connectivity index (χ2v) is 2.49. The first-order valence-electron chi connectivity index (χ1n) is 3.77. The van der Waals surface area contributed by atoms with Crippen LogP contribution < -0.4 is 9.64 Å². The lowest BCUT2D eigenvalue weighted by atomic mass is 10.3. The van der Waals surface area contributed by atoms with Crippen LogP contribution in [0.25, 0.3) is 0 Å². The van der Waals surface area contributed by atoms with Crippen molar-refractivity contribution >= 4 is 5.69 Å². The predicted molar refractivity (Wildman–Crippen MR) is 51.6 cm³/mol. The van der Waals surface area contributed by atoms with Gasteiger partial charge in [-0.15, -0.1) is 0 Å². The van der Waals surface area contributed by atoms with Crippen LogP contribution >= 0.6 is 0 Å². The zero-order chi connectivity index (χ0) is 8.97. The van der Waals surface area contributed by atoms with Crippen LogP contribution in [-0.2, 0) is 0 Å². The molecule has 1 rings (SSSR count). The van der Waals surface area contributed by atoms with Gasteiger partial charge >= 0.3 is 0 Å². The largest absolute Gasteiger partial charge is 0.497 e. The van der Waals surface area contributed by atoms with Crippen LogP contribution in [0.3, 0.4) is 0 Å². The van der Waals surface area contributed by atoms with Crippen molar-refractivity contribution in [2.45, 2.75) is 0 Å². The Hall–Kier alpha value is -1.44. The summed E-state index contributed by atoms with van der Waals surface area (Å²) in [5, 5.41) is 0. The van der Waals surface area contributed by atoms with Crippen LogP contribution in [-0.4, -0.2) is 14.2 Å². The SMILES string of the molecule is C=CN(C)c1ccc(OC)cc1. The molecule has 0 aliphatic heterocycles. The van der Waals surface area contributed by atoms with Crippen molar-refractivity contribution < 1.29 is 4.74 Å². The van der Waals surface area contributed by atoms with Crippen LogP contribution in [0, 0.1) is 0 Å². The summed E-state index contributed by atoms with van der Waals surface area (Å²) in [5.41, 5.74) is 1.10. The van der Waals surface area contributed by atoms with Gasteiger partial charge in [0, 0.05) is 12.7 Å². The Kier molecular flexibility index (Phi) is 2.75. The van der Waals surface area contributed by atoms with Crippen molar-refractivity contribution in [2.24, 2.45) is 0 Å². The molecule has 64 valence electrons. The summed E-state index contributed by atoms with van der Waals surface area (Å²) in [6.45, 7) is 3.67. The molecule has 1 aromatic carbocycles. The molecule has 0 atom stereocenters. The van der Waals surface area contributed by atoms with Gasteiger partial charge in [-0.05, 0) is 30.5 Å². The lowest BCUT2D eigenvalue weighted by molar-refractivity contribution is 0.415. The molecule has 0 saturated heterocycles. The number of nitrogens with zero attached hydrogens (tertiary/aromatic N) is 1. The van der Waals surface area contributed by atoms with Crippen molar-refractivity contribution in [2.75, 3.05) is 19.1 Å². The second-order valence-electron chi connectivity index (χ2n) is 2.49. The summed E-state index contributed by atoms with van der Waals surface area (Å²) in [4.78, 5) is 1.94. The van der Waals surface area contributed by atoms with E-state index in [1.807, 2.05) is 36.2 Å². The van der Waals surface area contributed by atoms with Gasteiger partial charge < -0.3 is 9.64 Å². The Labute approximate surface area is 73.1 Å². The predicted octanol–water partition coefficient (Wildman–Crippen LogP) is 2.27. The molecule has 0 heterocycles. The summed E-state index contributed by atoms with van der Waals surface area (Å²) in [5.74, 6) is 0.871. The zero-order valence-electron chi connectivity index (χ0n) is 7.45. The molecule has 0 aliphatic carbocycles. The Morgan fingerprint density at radius 2 is 1.92 bits per heavy atom. The first-order valence-corrected chi connectivity index (χ1v) is 3.77. The van der Waals surface area contributed by atoms with Crippen molar-refractivity contribution in [1.29, 1.82) is 0 Å². The first kappa shape index (κ1) is 8.65. The highest BCUT2D eigenvalue weighted by molar-refractivity contribution is 5.50. The average Bonchev–Trinajstić information content (AvgIpc) is 2.17. The van der Waals surface area contributed by atoms with E-state index in [-0.39, 0.29) is 0 Å². The number of rotatable bonds is 3. The van der Waals surface area contributed by atoms with Crippen molar-refractivity contribution in [1.82, 2.24) is 0 Å². The quantitative estimate of drug-likeness (QED) is 0.677. The van der Waals surface area contributed by atoms with Crippen molar-refractivity contribution in [3.63, 3.8) is 0 Å². The molecule has 0 fully saturated rings. The Balaban J connectivity index is 2.84. The smallest absolute Gasteiger partial charge is 0.119 e. The van der Waals surface area contributed by atoms with E-state index >= 15 is 0 Å². The van der Waals surface area contributed by atoms with E-state index in [4.69, 9.17) is 4.74 Å². The maximum absolute atomic E-state index is 5.04. The topological polar surface area (TPSA) is 12.5 Å². The Morgan fingerprint density at radius 1 is 1.33 bits per heavy atom. The van der Waals surface area contributed by atoms with E-state index in [0.717, 1.165) is 11.4 Å². The van der Waals surface area contributed by atoms with E-state index in [0.29, 0.717) is 0 Å². The number of hydrogen-bond acceptors (Lipinski definition) is 2. The van der Waals surface area contributed by atoms with Gasteiger partial charge in [0.1, 0.15) is 5.75 Å². The molecule has 0 aliphatic rings. The number of ether oxygens (including phenoxy) is 1. The highest BCUT2D eigenvalue weighted by Gasteiger charge is 1.95. The van der Waals surface area contributed by atoms with Gasteiger partial charge in [-0.25, -0.2) is 0 Å². The van der Waals surface area contributed by atoms with Crippen LogP contribution in [0.1, 0.15) is 0 Å².